The lowest BCUT2D eigenvalue weighted by Crippen LogP contribution is -2.19. The lowest BCUT2D eigenvalue weighted by molar-refractivity contribution is 0.561. The van der Waals surface area contributed by atoms with Crippen LogP contribution >= 0.6 is 0 Å². The molecule has 0 unspecified atom stereocenters. The fraction of sp³-hybridized carbons (Fsp3) is 0.534. The maximum Gasteiger partial charge on any atom is -0.0129 e. The van der Waals surface area contributed by atoms with Crippen molar-refractivity contribution in [1.29, 1.82) is 0 Å². The fourth-order valence-corrected chi connectivity index (χ4v) is 13.2. The maximum absolute atomic E-state index is 2.40. The Hall–Kier alpha value is -6.24. The molecule has 0 N–H and O–H groups in total. The van der Waals surface area contributed by atoms with Crippen molar-refractivity contribution in [2.24, 2.45) is 0 Å². The third-order valence-corrected chi connectivity index (χ3v) is 19.8. The van der Waals surface area contributed by atoms with Gasteiger partial charge in [0.05, 0.1) is 0 Å². The molecule has 0 bridgehead atoms. The molecule has 0 atom stereocenters. The third kappa shape index (κ3) is 33.0. The summed E-state index contributed by atoms with van der Waals surface area (Å²) in [6, 6.07) is 57.9. The highest BCUT2D eigenvalue weighted by atomic mass is 14.3. The van der Waals surface area contributed by atoms with Crippen LogP contribution in [0.3, 0.4) is 0 Å². The molecule has 103 heavy (non-hydrogen) atoms. The molecule has 0 fully saturated rings. The Morgan fingerprint density at radius 1 is 0.194 bits per heavy atom. The maximum atomic E-state index is 2.40. The van der Waals surface area contributed by atoms with Gasteiger partial charge >= 0.3 is 0 Å². The Kier molecular flexibility index (Phi) is 38.8. The van der Waals surface area contributed by atoms with Gasteiger partial charge in [-0.05, 0) is 241 Å². The highest BCUT2D eigenvalue weighted by Gasteiger charge is 2.23. The van der Waals surface area contributed by atoms with Gasteiger partial charge in [-0.2, -0.15) is 0 Å². The molecule has 0 aliphatic carbocycles. The van der Waals surface area contributed by atoms with Gasteiger partial charge in [0.15, 0.2) is 0 Å². The van der Waals surface area contributed by atoms with Crippen molar-refractivity contribution in [3.63, 3.8) is 0 Å². The average molecular weight is 1400 g/mol. The molecule has 8 aromatic carbocycles. The highest BCUT2D eigenvalue weighted by Crippen LogP contribution is 2.35. The van der Waals surface area contributed by atoms with Crippen molar-refractivity contribution in [1.82, 2.24) is 0 Å². The lowest BCUT2D eigenvalue weighted by Gasteiger charge is -2.28. The van der Waals surface area contributed by atoms with Gasteiger partial charge in [0, 0.05) is 0 Å². The Balaban J connectivity index is 0.000000590. The van der Waals surface area contributed by atoms with Crippen LogP contribution in [0.5, 0.6) is 0 Å². The van der Waals surface area contributed by atoms with E-state index in [0.29, 0.717) is 53.3 Å². The van der Waals surface area contributed by atoms with Gasteiger partial charge < -0.3 is 0 Å². The Labute approximate surface area is 640 Å². The van der Waals surface area contributed by atoms with Gasteiger partial charge in [-0.1, -0.05) is 403 Å². The van der Waals surface area contributed by atoms with Crippen LogP contribution in [-0.2, 0) is 27.1 Å². The molecular formula is C103H158. The molecule has 0 saturated heterocycles. The standard InChI is InChI=1S/C16H26.C15H24.3C13H20.3C11H16/c1-10(2)14-8-15(11(3)4)13(7)16(9-14)12(5)6;1-11-12(14(2,3)4)9-8-10-13(11)15(5,6)7;1-9(2)12-6-11(5)7-13(8-12)10(3)4;1-9(2)12-7-6-11(5)13(8-12)10(3)4;1-9(2)12-7-6-8-13(10(3)4)11(12)5;1-9-5-7-10(8-6-9)11(2,3)4;1-9-6-5-7-10(8-9)11(2,3)4;1-9-7-5-6-8-10(9)11(2,3)4/h8-12H,1-7H3;8-10H,1-7H3;3*6-10H,1-5H3;3*5-8H,1-4H3. The van der Waals surface area contributed by atoms with Crippen LogP contribution in [0.4, 0.5) is 0 Å². The predicted octanol–water partition coefficient (Wildman–Crippen LogP) is 32.6. The molecule has 0 heterocycles. The van der Waals surface area contributed by atoms with E-state index in [0.717, 1.165) is 0 Å². The van der Waals surface area contributed by atoms with Crippen molar-refractivity contribution >= 4 is 0 Å². The second kappa shape index (κ2) is 42.2. The topological polar surface area (TPSA) is 0 Å². The summed E-state index contributed by atoms with van der Waals surface area (Å²) in [5.74, 6) is 5.69. The zero-order valence-electron chi connectivity index (χ0n) is 74.7. The number of rotatable bonds is 9. The minimum absolute atomic E-state index is 0.241. The molecule has 8 rings (SSSR count). The monoisotopic (exact) mass is 1400 g/mol. The van der Waals surface area contributed by atoms with Gasteiger partial charge in [0.25, 0.3) is 0 Å². The summed E-state index contributed by atoms with van der Waals surface area (Å²) < 4.78 is 0. The summed E-state index contributed by atoms with van der Waals surface area (Å²) in [7, 11) is 0. The summed E-state index contributed by atoms with van der Waals surface area (Å²) in [4.78, 5) is 0. The first-order valence-corrected chi connectivity index (χ1v) is 39.8. The van der Waals surface area contributed by atoms with Crippen LogP contribution in [-0.4, -0.2) is 0 Å². The number of aryl methyl sites for hydroxylation is 5. The number of hydrogen-bond donors (Lipinski definition) is 0. The van der Waals surface area contributed by atoms with Gasteiger partial charge in [0.1, 0.15) is 0 Å². The van der Waals surface area contributed by atoms with E-state index in [-0.39, 0.29) is 27.1 Å². The molecule has 0 spiro atoms. The lowest BCUT2D eigenvalue weighted by atomic mass is 9.77. The first-order valence-electron chi connectivity index (χ1n) is 39.8. The normalized spacial score (nSPS) is 11.7. The van der Waals surface area contributed by atoms with Crippen molar-refractivity contribution in [2.45, 2.75) is 364 Å². The van der Waals surface area contributed by atoms with E-state index in [1.54, 1.807) is 0 Å². The largest absolute Gasteiger partial charge is 0.0620 e. The summed E-state index contributed by atoms with van der Waals surface area (Å²) >= 11 is 0. The second-order valence-corrected chi connectivity index (χ2v) is 37.8. The first kappa shape index (κ1) is 94.8. The molecule has 0 aromatic heterocycles. The third-order valence-electron chi connectivity index (χ3n) is 19.8. The number of hydrogen-bond acceptors (Lipinski definition) is 0. The Bertz CT molecular complexity index is 3620. The summed E-state index contributed by atoms with van der Waals surface area (Å²) in [5, 5.41) is 0. The van der Waals surface area contributed by atoms with E-state index >= 15 is 0 Å². The predicted molar refractivity (Wildman–Crippen MR) is 470 cm³/mol. The van der Waals surface area contributed by atoms with Crippen LogP contribution in [0, 0.1) is 55.4 Å². The van der Waals surface area contributed by atoms with Crippen molar-refractivity contribution in [3.8, 4) is 0 Å². The Morgan fingerprint density at radius 3 is 0.864 bits per heavy atom. The molecule has 0 aliphatic rings. The minimum Gasteiger partial charge on any atom is -0.0620 e. The van der Waals surface area contributed by atoms with Gasteiger partial charge in [-0.3, -0.25) is 0 Å². The van der Waals surface area contributed by atoms with Crippen LogP contribution in [0.25, 0.3) is 0 Å². The molecule has 8 aromatic rings. The minimum atomic E-state index is 0.241. The van der Waals surface area contributed by atoms with Crippen molar-refractivity contribution in [2.75, 3.05) is 0 Å². The highest BCUT2D eigenvalue weighted by molar-refractivity contribution is 5.44. The van der Waals surface area contributed by atoms with Crippen LogP contribution in [0.2, 0.25) is 0 Å². The second-order valence-electron chi connectivity index (χ2n) is 37.8. The van der Waals surface area contributed by atoms with Crippen LogP contribution in [0.15, 0.2) is 158 Å². The van der Waals surface area contributed by atoms with Crippen molar-refractivity contribution in [3.05, 3.63) is 280 Å². The average Bonchev–Trinajstić information content (AvgIpc) is 0.803. The van der Waals surface area contributed by atoms with E-state index in [9.17, 15) is 0 Å². The zero-order valence-corrected chi connectivity index (χ0v) is 74.7. The molecule has 0 nitrogen and oxygen atoms in total. The molecule has 570 valence electrons. The quantitative estimate of drug-likeness (QED) is 0.135. The molecule has 0 aliphatic heterocycles. The van der Waals surface area contributed by atoms with E-state index in [2.05, 4.69) is 442 Å². The summed E-state index contributed by atoms with van der Waals surface area (Å²) in [5.41, 5.74) is 33.2. The fourth-order valence-electron chi connectivity index (χ4n) is 13.2. The van der Waals surface area contributed by atoms with Gasteiger partial charge in [-0.25, -0.2) is 0 Å². The van der Waals surface area contributed by atoms with E-state index in [1.807, 2.05) is 0 Å². The molecule has 0 heteroatoms. The van der Waals surface area contributed by atoms with E-state index in [4.69, 9.17) is 0 Å². The Morgan fingerprint density at radius 2 is 0.534 bits per heavy atom. The van der Waals surface area contributed by atoms with Crippen LogP contribution in [0.1, 0.15) is 404 Å². The molecule has 0 amide bonds. The van der Waals surface area contributed by atoms with Gasteiger partial charge in [-0.15, -0.1) is 0 Å². The summed E-state index contributed by atoms with van der Waals surface area (Å²) in [6.45, 7) is 92.1. The van der Waals surface area contributed by atoms with E-state index < -0.39 is 0 Å². The van der Waals surface area contributed by atoms with Crippen molar-refractivity contribution < 1.29 is 0 Å². The number of benzene rings is 8. The van der Waals surface area contributed by atoms with Crippen LogP contribution < -0.4 is 0 Å². The SMILES string of the molecule is Cc1c(C(C)(C)C)cccc1C(C)(C)C.Cc1c(C(C)C)cc(C(C)C)cc1C(C)C.Cc1c(C(C)C)cccc1C(C)C.Cc1cc(C(C)C)cc(C(C)C)c1.Cc1ccc(C(C)(C)C)cc1.Cc1ccc(C(C)C)cc1C(C)C.Cc1cccc(C(C)(C)C)c1.Cc1ccccc1C(C)(C)C. The zero-order chi connectivity index (χ0) is 79.8. The smallest absolute Gasteiger partial charge is 0.0129 e. The summed E-state index contributed by atoms with van der Waals surface area (Å²) in [6.07, 6.45) is 0. The van der Waals surface area contributed by atoms with Gasteiger partial charge in [0.2, 0.25) is 0 Å². The van der Waals surface area contributed by atoms with E-state index in [1.165, 1.54) is 122 Å². The molecule has 0 saturated carbocycles. The molecule has 0 radical (unpaired) electrons. The first-order chi connectivity index (χ1) is 47.1. The molecular weight excluding hydrogens is 1240 g/mol.